The average molecular weight is 553 g/mol. The van der Waals surface area contributed by atoms with E-state index in [-0.39, 0.29) is 29.0 Å². The third-order valence-electron chi connectivity index (χ3n) is 6.03. The summed E-state index contributed by atoms with van der Waals surface area (Å²) in [6, 6.07) is 12.1. The molecule has 0 fully saturated rings. The van der Waals surface area contributed by atoms with Gasteiger partial charge in [0.15, 0.2) is 15.0 Å². The minimum atomic E-state index is -3.26. The van der Waals surface area contributed by atoms with E-state index in [0.717, 1.165) is 28.2 Å². The fourth-order valence-electron chi connectivity index (χ4n) is 4.32. The zero-order chi connectivity index (χ0) is 25.3. The van der Waals surface area contributed by atoms with Gasteiger partial charge < -0.3 is 5.32 Å². The lowest BCUT2D eigenvalue weighted by molar-refractivity contribution is -0.115. The normalized spacial score (nSPS) is 16.0. The Hall–Kier alpha value is -1.97. The lowest BCUT2D eigenvalue weighted by atomic mass is 10.0. The van der Waals surface area contributed by atoms with E-state index in [1.165, 1.54) is 11.3 Å². The van der Waals surface area contributed by atoms with Gasteiger partial charge in [-0.2, -0.15) is 0 Å². The minimum Gasteiger partial charge on any atom is -0.302 e. The summed E-state index contributed by atoms with van der Waals surface area (Å²) in [6.07, 6.45) is 0.143. The molecule has 35 heavy (non-hydrogen) atoms. The first-order chi connectivity index (χ1) is 16.6. The van der Waals surface area contributed by atoms with Crippen molar-refractivity contribution in [2.24, 2.45) is 5.92 Å². The first-order valence-corrected chi connectivity index (χ1v) is 14.6. The summed E-state index contributed by atoms with van der Waals surface area (Å²) in [5, 5.41) is 4.83. The molecule has 1 atom stereocenters. The molecule has 1 aromatic heterocycles. The van der Waals surface area contributed by atoms with Gasteiger partial charge in [0.25, 0.3) is 0 Å². The predicted molar refractivity (Wildman–Crippen MR) is 142 cm³/mol. The number of aromatic nitrogens is 1. The van der Waals surface area contributed by atoms with Crippen molar-refractivity contribution in [1.29, 1.82) is 0 Å². The molecular formula is C25H27Cl2N3O3S2. The highest BCUT2D eigenvalue weighted by Crippen LogP contribution is 2.43. The molecule has 186 valence electrons. The molecule has 0 aliphatic carbocycles. The third kappa shape index (κ3) is 5.89. The Bertz CT molecular complexity index is 1340. The van der Waals surface area contributed by atoms with Gasteiger partial charge in [0.05, 0.1) is 28.8 Å². The van der Waals surface area contributed by atoms with E-state index in [1.54, 1.807) is 37.3 Å². The second-order valence-corrected chi connectivity index (χ2v) is 13.1. The van der Waals surface area contributed by atoms with Gasteiger partial charge in [0.1, 0.15) is 0 Å². The molecule has 4 rings (SSSR count). The van der Waals surface area contributed by atoms with Gasteiger partial charge >= 0.3 is 0 Å². The number of rotatable bonds is 8. The number of nitrogens with one attached hydrogen (secondary N) is 1. The first kappa shape index (κ1) is 26.1. The number of anilines is 1. The van der Waals surface area contributed by atoms with Crippen molar-refractivity contribution in [2.45, 2.75) is 51.2 Å². The molecule has 0 saturated heterocycles. The smallest absolute Gasteiger partial charge is 0.230 e. The maximum absolute atomic E-state index is 12.6. The minimum absolute atomic E-state index is 0.0441. The van der Waals surface area contributed by atoms with Gasteiger partial charge in [-0.05, 0) is 47.4 Å². The number of hydrogen-bond acceptors (Lipinski definition) is 6. The lowest BCUT2D eigenvalue weighted by Gasteiger charge is -2.28. The number of carbonyl (C=O) groups excluding carboxylic acids is 1. The van der Waals surface area contributed by atoms with Crippen molar-refractivity contribution < 1.29 is 13.2 Å². The van der Waals surface area contributed by atoms with Gasteiger partial charge in [-0.3, -0.25) is 9.69 Å². The molecule has 0 radical (unpaired) electrons. The van der Waals surface area contributed by atoms with Crippen LogP contribution in [-0.4, -0.2) is 30.0 Å². The summed E-state index contributed by atoms with van der Waals surface area (Å²) in [5.74, 6) is 0.174. The monoisotopic (exact) mass is 551 g/mol. The van der Waals surface area contributed by atoms with E-state index in [9.17, 15) is 13.2 Å². The lowest BCUT2D eigenvalue weighted by Crippen LogP contribution is -2.26. The molecule has 0 saturated carbocycles. The number of amides is 1. The molecule has 2 aromatic carbocycles. The number of nitrogens with zero attached hydrogens (tertiary/aromatic N) is 2. The molecule has 10 heteroatoms. The van der Waals surface area contributed by atoms with Crippen LogP contribution in [0.15, 0.2) is 47.4 Å². The fourth-order valence-corrected chi connectivity index (χ4v) is 6.62. The van der Waals surface area contributed by atoms with Crippen LogP contribution in [-0.2, 0) is 34.1 Å². The molecule has 3 aromatic rings. The number of hydrogen-bond donors (Lipinski definition) is 1. The maximum Gasteiger partial charge on any atom is 0.230 e. The van der Waals surface area contributed by atoms with Gasteiger partial charge in [-0.1, -0.05) is 56.1 Å². The Balaban J connectivity index is 1.44. The van der Waals surface area contributed by atoms with Crippen molar-refractivity contribution >= 4 is 55.4 Å². The standard InChI is InChI=1S/C25H27Cl2N3O3S2/c1-4-35(32,33)19-8-5-16(6-9-19)11-22(31)28-25-29-23-21(34-25)14-30(24(23)15(2)3)13-17-12-18(26)7-10-20(17)27/h5-10,12,15,24H,4,11,13-14H2,1-3H3,(H,28,29,31)/t24-/m1/s1. The van der Waals surface area contributed by atoms with E-state index in [0.29, 0.717) is 27.6 Å². The van der Waals surface area contributed by atoms with Crippen molar-refractivity contribution in [3.05, 3.63) is 74.2 Å². The SMILES string of the molecule is CCS(=O)(=O)c1ccc(CC(=O)Nc2nc3c(s2)CN(Cc2cc(Cl)ccc2Cl)[C@@H]3C(C)C)cc1. The van der Waals surface area contributed by atoms with Gasteiger partial charge in [-0.25, -0.2) is 13.4 Å². The summed E-state index contributed by atoms with van der Waals surface area (Å²) in [7, 11) is -3.26. The van der Waals surface area contributed by atoms with Crippen molar-refractivity contribution in [3.8, 4) is 0 Å². The van der Waals surface area contributed by atoms with Crippen LogP contribution in [0.2, 0.25) is 10.0 Å². The zero-order valence-electron chi connectivity index (χ0n) is 19.7. The number of thiazole rings is 1. The van der Waals surface area contributed by atoms with E-state index in [1.807, 2.05) is 12.1 Å². The molecule has 1 N–H and O–H groups in total. The first-order valence-electron chi connectivity index (χ1n) is 11.4. The Morgan fingerprint density at radius 3 is 2.57 bits per heavy atom. The summed E-state index contributed by atoms with van der Waals surface area (Å²) in [4.78, 5) is 21.1. The van der Waals surface area contributed by atoms with Gasteiger partial charge in [0.2, 0.25) is 5.91 Å². The predicted octanol–water partition coefficient (Wildman–Crippen LogP) is 6.14. The van der Waals surface area contributed by atoms with Crippen LogP contribution in [0, 0.1) is 5.92 Å². The highest BCUT2D eigenvalue weighted by molar-refractivity contribution is 7.91. The Labute approximate surface area is 220 Å². The summed E-state index contributed by atoms with van der Waals surface area (Å²) in [6.45, 7) is 7.31. The van der Waals surface area contributed by atoms with Crippen LogP contribution >= 0.6 is 34.5 Å². The third-order valence-corrected chi connectivity index (χ3v) is 9.36. The van der Waals surface area contributed by atoms with Crippen LogP contribution in [0.25, 0.3) is 0 Å². The van der Waals surface area contributed by atoms with Crippen LogP contribution in [0.3, 0.4) is 0 Å². The fraction of sp³-hybridized carbons (Fsp3) is 0.360. The molecule has 0 spiro atoms. The maximum atomic E-state index is 12.6. The Morgan fingerprint density at radius 2 is 1.91 bits per heavy atom. The highest BCUT2D eigenvalue weighted by Gasteiger charge is 2.36. The number of sulfone groups is 1. The van der Waals surface area contributed by atoms with E-state index < -0.39 is 9.84 Å². The zero-order valence-corrected chi connectivity index (χ0v) is 22.9. The van der Waals surface area contributed by atoms with Crippen LogP contribution in [0.1, 0.15) is 48.5 Å². The summed E-state index contributed by atoms with van der Waals surface area (Å²) < 4.78 is 23.9. The number of benzene rings is 2. The molecule has 1 amide bonds. The van der Waals surface area contributed by atoms with Gasteiger partial charge in [0, 0.05) is 28.0 Å². The van der Waals surface area contributed by atoms with E-state index in [4.69, 9.17) is 28.2 Å². The average Bonchev–Trinajstić information content (AvgIpc) is 3.32. The molecule has 0 bridgehead atoms. The van der Waals surface area contributed by atoms with Crippen molar-refractivity contribution in [3.63, 3.8) is 0 Å². The van der Waals surface area contributed by atoms with Crippen molar-refractivity contribution in [2.75, 3.05) is 11.1 Å². The van der Waals surface area contributed by atoms with Crippen LogP contribution < -0.4 is 5.32 Å². The highest BCUT2D eigenvalue weighted by atomic mass is 35.5. The van der Waals surface area contributed by atoms with Gasteiger partial charge in [-0.15, -0.1) is 11.3 Å². The molecular weight excluding hydrogens is 525 g/mol. The second-order valence-electron chi connectivity index (χ2n) is 8.93. The quantitative estimate of drug-likeness (QED) is 0.363. The van der Waals surface area contributed by atoms with E-state index >= 15 is 0 Å². The summed E-state index contributed by atoms with van der Waals surface area (Å²) >= 11 is 14.1. The molecule has 1 aliphatic rings. The van der Waals surface area contributed by atoms with E-state index in [2.05, 4.69) is 24.1 Å². The van der Waals surface area contributed by atoms with Crippen LogP contribution in [0.4, 0.5) is 5.13 Å². The summed E-state index contributed by atoms with van der Waals surface area (Å²) in [5.41, 5.74) is 2.71. The topological polar surface area (TPSA) is 79.4 Å². The number of fused-ring (bicyclic) bond motifs is 1. The Kier molecular flexibility index (Phi) is 7.88. The van der Waals surface area contributed by atoms with Crippen molar-refractivity contribution in [1.82, 2.24) is 9.88 Å². The largest absolute Gasteiger partial charge is 0.302 e. The molecule has 2 heterocycles. The molecule has 6 nitrogen and oxygen atoms in total. The number of carbonyl (C=O) groups is 1. The Morgan fingerprint density at radius 1 is 1.20 bits per heavy atom. The van der Waals surface area contributed by atoms with Crippen LogP contribution in [0.5, 0.6) is 0 Å². The number of halogens is 2. The molecule has 0 unspecified atom stereocenters. The molecule has 1 aliphatic heterocycles. The second kappa shape index (κ2) is 10.6.